The van der Waals surface area contributed by atoms with E-state index >= 15 is 0 Å². The van der Waals surface area contributed by atoms with Crippen molar-refractivity contribution in [2.45, 2.75) is 25.0 Å². The lowest BCUT2D eigenvalue weighted by Crippen LogP contribution is -2.34. The molecule has 0 fully saturated rings. The zero-order valence-electron chi connectivity index (χ0n) is 19.8. The number of ether oxygens (including phenoxy) is 1. The molecule has 1 aliphatic rings. The number of aromatic nitrogens is 2. The molecule has 8 nitrogen and oxygen atoms in total. The Labute approximate surface area is 215 Å². The number of nitrogens with one attached hydrogen (secondary N) is 1. The van der Waals surface area contributed by atoms with Crippen molar-refractivity contribution in [3.05, 3.63) is 75.4 Å². The average molecular weight is 521 g/mol. The molecule has 2 amide bonds. The molecular weight excluding hydrogens is 496 g/mol. The monoisotopic (exact) mass is 520 g/mol. The van der Waals surface area contributed by atoms with Gasteiger partial charge < -0.3 is 15.0 Å². The molecule has 3 heterocycles. The van der Waals surface area contributed by atoms with E-state index in [1.807, 2.05) is 30.3 Å². The molecular formula is C26H24N4O4S2. The number of nitrogens with zero attached hydrogens (tertiary/aromatic N) is 3. The highest BCUT2D eigenvalue weighted by Gasteiger charge is 2.26. The van der Waals surface area contributed by atoms with Gasteiger partial charge in [-0.25, -0.2) is 4.98 Å². The second-order valence-electron chi connectivity index (χ2n) is 8.31. The van der Waals surface area contributed by atoms with Gasteiger partial charge in [0.05, 0.1) is 30.5 Å². The lowest BCUT2D eigenvalue weighted by atomic mass is 10.1. The quantitative estimate of drug-likeness (QED) is 0.304. The Morgan fingerprint density at radius 1 is 1.17 bits per heavy atom. The van der Waals surface area contributed by atoms with Crippen LogP contribution in [0.2, 0.25) is 0 Å². The Hall–Kier alpha value is -3.63. The Bertz CT molecular complexity index is 1510. The van der Waals surface area contributed by atoms with E-state index in [1.54, 1.807) is 47.8 Å². The Morgan fingerprint density at radius 3 is 2.72 bits per heavy atom. The molecule has 0 spiro atoms. The molecule has 36 heavy (non-hydrogen) atoms. The molecule has 5 rings (SSSR count). The standard InChI is InChI=1S/C26H24N4O4S2/c1-16(31)29-12-11-20-21(14-29)36-24-23(20)25(33)30(18-8-4-3-5-9-18)26(28-24)35-15-22(32)27-17-7-6-10-19(13-17)34-2/h3-10,13H,11-12,14-15H2,1-2H3,(H,27,32). The minimum atomic E-state index is -0.218. The van der Waals surface area contributed by atoms with Crippen LogP contribution in [0, 0.1) is 0 Å². The number of hydrogen-bond donors (Lipinski definition) is 1. The van der Waals surface area contributed by atoms with Gasteiger partial charge in [-0.05, 0) is 36.2 Å². The number of thiophene rings is 1. The summed E-state index contributed by atoms with van der Waals surface area (Å²) in [5.41, 5.74) is 2.14. The minimum Gasteiger partial charge on any atom is -0.497 e. The van der Waals surface area contributed by atoms with Crippen molar-refractivity contribution in [2.75, 3.05) is 24.7 Å². The van der Waals surface area contributed by atoms with Gasteiger partial charge in [0.25, 0.3) is 5.56 Å². The summed E-state index contributed by atoms with van der Waals surface area (Å²) in [4.78, 5) is 46.7. The summed E-state index contributed by atoms with van der Waals surface area (Å²) in [6, 6.07) is 16.5. The van der Waals surface area contributed by atoms with Crippen LogP contribution in [0.15, 0.2) is 64.5 Å². The highest BCUT2D eigenvalue weighted by Crippen LogP contribution is 2.34. The van der Waals surface area contributed by atoms with Gasteiger partial charge in [0.1, 0.15) is 10.6 Å². The van der Waals surface area contributed by atoms with Gasteiger partial charge >= 0.3 is 0 Å². The van der Waals surface area contributed by atoms with Crippen LogP contribution in [0.3, 0.4) is 0 Å². The number of rotatable bonds is 6. The first-order valence-corrected chi connectivity index (χ1v) is 13.2. The van der Waals surface area contributed by atoms with Crippen molar-refractivity contribution in [1.82, 2.24) is 14.5 Å². The molecule has 4 aromatic rings. The number of hydrogen-bond acceptors (Lipinski definition) is 7. The van der Waals surface area contributed by atoms with Crippen molar-refractivity contribution >= 4 is 50.8 Å². The second-order valence-corrected chi connectivity index (χ2v) is 10.3. The summed E-state index contributed by atoms with van der Waals surface area (Å²) in [5, 5.41) is 3.91. The van der Waals surface area contributed by atoms with Crippen LogP contribution < -0.4 is 15.6 Å². The molecule has 0 atom stereocenters. The summed E-state index contributed by atoms with van der Waals surface area (Å²) in [5.74, 6) is 0.525. The van der Waals surface area contributed by atoms with Gasteiger partial charge in [0.15, 0.2) is 5.16 Å². The van der Waals surface area contributed by atoms with Crippen LogP contribution in [0.5, 0.6) is 5.75 Å². The van der Waals surface area contributed by atoms with Crippen LogP contribution in [0.25, 0.3) is 15.9 Å². The SMILES string of the molecule is COc1cccc(NC(=O)CSc2nc3sc4c(c3c(=O)n2-c2ccccc2)CCN(C(C)=O)C4)c1. The van der Waals surface area contributed by atoms with Gasteiger partial charge in [-0.15, -0.1) is 11.3 Å². The molecule has 1 aliphatic heterocycles. The van der Waals surface area contributed by atoms with Crippen LogP contribution in [0.1, 0.15) is 17.4 Å². The highest BCUT2D eigenvalue weighted by molar-refractivity contribution is 7.99. The van der Waals surface area contributed by atoms with Crippen molar-refractivity contribution in [1.29, 1.82) is 0 Å². The summed E-state index contributed by atoms with van der Waals surface area (Å²) in [6.07, 6.45) is 0.621. The number of methoxy groups -OCH3 is 1. The lowest BCUT2D eigenvalue weighted by molar-refractivity contribution is -0.129. The third-order valence-corrected chi connectivity index (χ3v) is 8.04. The summed E-state index contributed by atoms with van der Waals surface area (Å²) in [7, 11) is 1.57. The summed E-state index contributed by atoms with van der Waals surface area (Å²) >= 11 is 2.66. The number of amides is 2. The molecule has 0 saturated heterocycles. The van der Waals surface area contributed by atoms with E-state index in [0.29, 0.717) is 52.0 Å². The predicted octanol–water partition coefficient (Wildman–Crippen LogP) is 4.09. The molecule has 0 aliphatic carbocycles. The third-order valence-electron chi connectivity index (χ3n) is 5.99. The molecule has 1 N–H and O–H groups in total. The number of fused-ring (bicyclic) bond motifs is 3. The number of carbonyl (C=O) groups is 2. The van der Waals surface area contributed by atoms with Gasteiger partial charge in [-0.2, -0.15) is 0 Å². The van der Waals surface area contributed by atoms with Crippen molar-refractivity contribution < 1.29 is 14.3 Å². The molecule has 184 valence electrons. The normalized spacial score (nSPS) is 12.9. The van der Waals surface area contributed by atoms with E-state index in [9.17, 15) is 14.4 Å². The van der Waals surface area contributed by atoms with Gasteiger partial charge in [0.2, 0.25) is 11.8 Å². The Balaban J connectivity index is 1.49. The number of para-hydroxylation sites is 1. The number of anilines is 1. The first-order valence-electron chi connectivity index (χ1n) is 11.4. The highest BCUT2D eigenvalue weighted by atomic mass is 32.2. The van der Waals surface area contributed by atoms with Crippen molar-refractivity contribution in [3.8, 4) is 11.4 Å². The van der Waals surface area contributed by atoms with E-state index in [2.05, 4.69) is 5.32 Å². The van der Waals surface area contributed by atoms with Gasteiger partial charge in [0, 0.05) is 30.1 Å². The van der Waals surface area contributed by atoms with E-state index in [4.69, 9.17) is 9.72 Å². The summed E-state index contributed by atoms with van der Waals surface area (Å²) < 4.78 is 6.79. The molecule has 0 saturated carbocycles. The molecule has 2 aromatic heterocycles. The van der Waals surface area contributed by atoms with Gasteiger partial charge in [-0.3, -0.25) is 19.0 Å². The first-order chi connectivity index (χ1) is 17.4. The van der Waals surface area contributed by atoms with Crippen LogP contribution in [0.4, 0.5) is 5.69 Å². The van der Waals surface area contributed by atoms with Crippen molar-refractivity contribution in [3.63, 3.8) is 0 Å². The van der Waals surface area contributed by atoms with Crippen molar-refractivity contribution in [2.24, 2.45) is 0 Å². The Kier molecular flexibility index (Phi) is 6.80. The summed E-state index contributed by atoms with van der Waals surface area (Å²) in [6.45, 7) is 2.63. The maximum Gasteiger partial charge on any atom is 0.267 e. The largest absolute Gasteiger partial charge is 0.497 e. The molecule has 0 radical (unpaired) electrons. The van der Waals surface area contributed by atoms with E-state index < -0.39 is 0 Å². The van der Waals surface area contributed by atoms with E-state index in [1.165, 1.54) is 23.1 Å². The molecule has 10 heteroatoms. The number of thioether (sulfide) groups is 1. The Morgan fingerprint density at radius 2 is 1.97 bits per heavy atom. The van der Waals surface area contributed by atoms with E-state index in [-0.39, 0.29) is 23.1 Å². The number of benzene rings is 2. The van der Waals surface area contributed by atoms with Crippen LogP contribution in [-0.4, -0.2) is 45.7 Å². The van der Waals surface area contributed by atoms with Crippen LogP contribution >= 0.6 is 23.1 Å². The fourth-order valence-corrected chi connectivity index (χ4v) is 6.31. The fraction of sp³-hybridized carbons (Fsp3) is 0.231. The second kappa shape index (κ2) is 10.2. The van der Waals surface area contributed by atoms with E-state index in [0.717, 1.165) is 10.4 Å². The fourth-order valence-electron chi connectivity index (χ4n) is 4.22. The maximum atomic E-state index is 13.8. The number of carbonyl (C=O) groups excluding carboxylic acids is 2. The maximum absolute atomic E-state index is 13.8. The minimum absolute atomic E-state index is 0.0195. The van der Waals surface area contributed by atoms with Gasteiger partial charge in [-0.1, -0.05) is 36.0 Å². The zero-order chi connectivity index (χ0) is 25.2. The van der Waals surface area contributed by atoms with Crippen LogP contribution in [-0.2, 0) is 22.6 Å². The first kappa shape index (κ1) is 24.1. The third kappa shape index (κ3) is 4.74. The topological polar surface area (TPSA) is 93.5 Å². The lowest BCUT2D eigenvalue weighted by Gasteiger charge is -2.25. The molecule has 2 aromatic carbocycles. The smallest absolute Gasteiger partial charge is 0.267 e. The predicted molar refractivity (Wildman–Crippen MR) is 142 cm³/mol. The molecule has 0 bridgehead atoms. The molecule has 0 unspecified atom stereocenters. The zero-order valence-corrected chi connectivity index (χ0v) is 21.4. The average Bonchev–Trinajstić information content (AvgIpc) is 3.26.